The van der Waals surface area contributed by atoms with E-state index in [1.807, 2.05) is 18.2 Å². The second-order valence-corrected chi connectivity index (χ2v) is 21.1. The van der Waals surface area contributed by atoms with E-state index in [1.54, 1.807) is 13.0 Å². The van der Waals surface area contributed by atoms with Crippen molar-refractivity contribution in [2.24, 2.45) is 39.4 Å². The first-order chi connectivity index (χ1) is 34.1. The number of unbranched alkanes of at least 4 members (excludes halogenated alkanes) is 3. The van der Waals surface area contributed by atoms with Crippen molar-refractivity contribution in [3.63, 3.8) is 0 Å². The molecule has 3 aromatic carbocycles. The van der Waals surface area contributed by atoms with E-state index < -0.39 is 18.3 Å². The summed E-state index contributed by atoms with van der Waals surface area (Å²) in [4.78, 5) is 9.56. The summed E-state index contributed by atoms with van der Waals surface area (Å²) < 4.78 is 11.1. The summed E-state index contributed by atoms with van der Waals surface area (Å²) in [5.74, 6) is 2.77. The van der Waals surface area contributed by atoms with Gasteiger partial charge in [-0.1, -0.05) is 68.5 Å². The molecule has 10 atom stereocenters. The number of aliphatic imine (C=N–C) groups is 1. The number of aliphatic hydroxyl groups is 7. The number of phenolic OH excluding ortho intramolecular Hbond substituents is 1. The van der Waals surface area contributed by atoms with Gasteiger partial charge in [-0.15, -0.1) is 16.6 Å². The molecule has 0 radical (unpaired) electrons. The number of aromatic hydroxyl groups is 1. The Hall–Kier alpha value is -4.50. The average molecular weight is 958 g/mol. The molecule has 0 bridgehead atoms. The number of nitrogens with zero attached hydrogens (tertiary/aromatic N) is 2. The number of nitrogens with one attached hydrogen (secondary N) is 1. The Bertz CT molecular complexity index is 2540. The zero-order chi connectivity index (χ0) is 48.7. The highest BCUT2D eigenvalue weighted by molar-refractivity contribution is 6.03. The molecule has 376 valence electrons. The lowest BCUT2D eigenvalue weighted by Crippen LogP contribution is -2.46. The zero-order valence-corrected chi connectivity index (χ0v) is 41.1. The maximum atomic E-state index is 11.5. The van der Waals surface area contributed by atoms with Crippen molar-refractivity contribution in [2.45, 2.75) is 146 Å². The van der Waals surface area contributed by atoms with Crippen LogP contribution in [0, 0.1) is 35.7 Å². The fraction of sp³-hybridized carbons (Fsp3) is 0.552. The van der Waals surface area contributed by atoms with Crippen molar-refractivity contribution in [3.05, 3.63) is 111 Å². The number of rotatable bonds is 24. The third-order valence-electron chi connectivity index (χ3n) is 16.1. The number of aryl methyl sites for hydroxylation is 1. The zero-order valence-electron chi connectivity index (χ0n) is 41.1. The highest BCUT2D eigenvalue weighted by Crippen LogP contribution is 2.50. The second kappa shape index (κ2) is 23.4. The molecule has 70 heavy (non-hydrogen) atoms. The normalized spacial score (nSPS) is 25.2. The summed E-state index contributed by atoms with van der Waals surface area (Å²) in [5.41, 5.74) is 12.3. The molecule has 2 saturated carbocycles. The number of ether oxygens (including phenoxy) is 2. The van der Waals surface area contributed by atoms with E-state index in [-0.39, 0.29) is 55.6 Å². The fourth-order valence-corrected chi connectivity index (χ4v) is 12.4. The summed E-state index contributed by atoms with van der Waals surface area (Å²) in [6, 6.07) is 14.0. The first kappa shape index (κ1) is 50.4. The molecule has 10 N–H and O–H groups in total. The van der Waals surface area contributed by atoms with Crippen LogP contribution in [-0.2, 0) is 6.42 Å². The lowest BCUT2D eigenvalue weighted by Gasteiger charge is -2.33. The van der Waals surface area contributed by atoms with Gasteiger partial charge in [-0.25, -0.2) is 0 Å². The molecule has 0 spiro atoms. The first-order valence-corrected chi connectivity index (χ1v) is 26.5. The summed E-state index contributed by atoms with van der Waals surface area (Å²) in [7, 11) is 0. The van der Waals surface area contributed by atoms with Gasteiger partial charge >= 0.3 is 0 Å². The Balaban J connectivity index is 0.705. The Labute approximate surface area is 413 Å². The van der Waals surface area contributed by atoms with Crippen LogP contribution >= 0.6 is 0 Å². The van der Waals surface area contributed by atoms with Gasteiger partial charge in [0.15, 0.2) is 17.6 Å². The highest BCUT2D eigenvalue weighted by atomic mass is 16.5. The number of fused-ring (bicyclic) bond motifs is 6. The Morgan fingerprint density at radius 1 is 1.01 bits per heavy atom. The Morgan fingerprint density at radius 3 is 2.73 bits per heavy atom. The summed E-state index contributed by atoms with van der Waals surface area (Å²) in [6.45, 7) is 3.04. The number of phenols is 1. The lowest BCUT2D eigenvalue weighted by atomic mass is 9.71. The van der Waals surface area contributed by atoms with Crippen LogP contribution in [0.4, 0.5) is 0 Å². The van der Waals surface area contributed by atoms with Crippen molar-refractivity contribution in [1.82, 2.24) is 5.32 Å². The molecule has 0 saturated heterocycles. The number of allylic oxidation sites excluding steroid dienone is 1. The maximum absolute atomic E-state index is 11.5. The van der Waals surface area contributed by atoms with Gasteiger partial charge in [-0.3, -0.25) is 4.99 Å². The smallest absolute Gasteiger partial charge is 0.208 e. The van der Waals surface area contributed by atoms with E-state index >= 15 is 0 Å². The quantitative estimate of drug-likeness (QED) is 0.0289. The van der Waals surface area contributed by atoms with Crippen molar-refractivity contribution in [3.8, 4) is 11.5 Å². The van der Waals surface area contributed by atoms with E-state index in [2.05, 4.69) is 58.9 Å². The molecule has 9 rings (SSSR count). The number of hydrogen-bond acceptors (Lipinski definition) is 11. The van der Waals surface area contributed by atoms with E-state index in [0.29, 0.717) is 49.1 Å². The van der Waals surface area contributed by atoms with Crippen molar-refractivity contribution >= 4 is 28.6 Å². The Kier molecular flexibility index (Phi) is 16.8. The van der Waals surface area contributed by atoms with Crippen LogP contribution < -0.4 is 26.4 Å². The highest BCUT2D eigenvalue weighted by Gasteiger charge is 2.52. The van der Waals surface area contributed by atoms with Gasteiger partial charge in [0.2, 0.25) is 5.70 Å². The van der Waals surface area contributed by atoms with Crippen LogP contribution in [0.15, 0.2) is 81.9 Å². The van der Waals surface area contributed by atoms with Crippen molar-refractivity contribution in [1.29, 1.82) is 0 Å². The van der Waals surface area contributed by atoms with Crippen LogP contribution in [0.1, 0.15) is 126 Å². The van der Waals surface area contributed by atoms with Crippen LogP contribution in [-0.4, -0.2) is 104 Å². The minimum absolute atomic E-state index is 0.00664. The molecule has 2 fully saturated rings. The molecular formula is C58H77N4O8+. The van der Waals surface area contributed by atoms with E-state index in [0.717, 1.165) is 127 Å². The molecule has 3 aliphatic heterocycles. The van der Waals surface area contributed by atoms with Crippen LogP contribution in [0.2, 0.25) is 0 Å². The third kappa shape index (κ3) is 11.7. The largest absolute Gasteiger partial charge is 0.504 e. The monoisotopic (exact) mass is 958 g/mol. The Morgan fingerprint density at radius 2 is 1.89 bits per heavy atom. The van der Waals surface area contributed by atoms with Crippen molar-refractivity contribution in [2.75, 3.05) is 32.9 Å². The number of hydrogen-bond donors (Lipinski definition) is 8. The summed E-state index contributed by atoms with van der Waals surface area (Å²) in [6.07, 6.45) is 24.6. The first-order valence-electron chi connectivity index (χ1n) is 26.5. The molecule has 12 nitrogen and oxygen atoms in total. The summed E-state index contributed by atoms with van der Waals surface area (Å²) in [5, 5.41) is 71.9. The van der Waals surface area contributed by atoms with Crippen LogP contribution in [0.25, 0.3) is 22.9 Å². The lowest BCUT2D eigenvalue weighted by molar-refractivity contribution is -0.0552. The fourth-order valence-electron chi connectivity index (χ4n) is 12.4. The molecule has 6 aliphatic rings. The molecule has 3 heterocycles. The van der Waals surface area contributed by atoms with Gasteiger partial charge in [0, 0.05) is 50.6 Å². The van der Waals surface area contributed by atoms with Gasteiger partial charge in [0.25, 0.3) is 0 Å². The summed E-state index contributed by atoms with van der Waals surface area (Å²) >= 11 is 0. The van der Waals surface area contributed by atoms with Crippen LogP contribution in [0.5, 0.6) is 11.5 Å². The standard InChI is InChI=1S/C58H76N4O8/c1-35(65)32-61-50(11-7-25-63)57-44-10-6-8-37(44)17-21-49-48(57)31-52(62-49)54(67)34-69-56-26-36(14-22-53(56)66)13-18-43-28-41(33-64)55(70-43)12-5-3-2-4-9-42(59)27-40-16-19-45-46(58(40)68)20-15-38-30-51-39(23-24-60-51)29-47(38)45/h14-16,19-20,22-23,26,28-31,35,37,40,42,44,50,54-55,57-58,61,63-65,67-68,70H,2-13,17-18,21,24-25,27,32-34,59H2,1H3/p+1/t35-,37+,40-,42-,44-,50+,54-,55?,57-,58+/m0/s1. The van der Waals surface area contributed by atoms with Crippen molar-refractivity contribution < 1.29 is 40.1 Å². The van der Waals surface area contributed by atoms with E-state index in [1.165, 1.54) is 24.0 Å². The van der Waals surface area contributed by atoms with Gasteiger partial charge in [-0.05, 0) is 133 Å². The third-order valence-corrected chi connectivity index (χ3v) is 16.1. The van der Waals surface area contributed by atoms with E-state index in [9.17, 15) is 30.6 Å². The van der Waals surface area contributed by atoms with E-state index in [4.69, 9.17) is 20.2 Å². The molecule has 0 amide bonds. The van der Waals surface area contributed by atoms with Gasteiger partial charge in [0.1, 0.15) is 30.4 Å². The average Bonchev–Trinajstić information content (AvgIpc) is 4.18. The molecule has 1 unspecified atom stereocenters. The molecular weight excluding hydrogens is 881 g/mol. The molecule has 0 aromatic heterocycles. The molecule has 3 aliphatic carbocycles. The van der Waals surface area contributed by atoms with Gasteiger partial charge in [0.05, 0.1) is 36.1 Å². The molecule has 12 heteroatoms. The van der Waals surface area contributed by atoms with Gasteiger partial charge in [-0.2, -0.15) is 0 Å². The number of benzene rings is 3. The minimum Gasteiger partial charge on any atom is -0.504 e. The number of aliphatic hydroxyl groups excluding tert-OH is 5. The predicted octanol–water partition coefficient (Wildman–Crippen LogP) is 6.28. The second-order valence-electron chi connectivity index (χ2n) is 21.1. The topological polar surface area (TPSA) is 206 Å². The van der Waals surface area contributed by atoms with Gasteiger partial charge < -0.3 is 51.2 Å². The maximum Gasteiger partial charge on any atom is 0.208 e. The number of nitrogens with two attached hydrogens (primary N) is 1. The SMILES string of the molecule is C[C@H](O)CN[C@H](CCCO)[C@@H]1[C+]2C=C([C@@H](O)COc3cc(CC[C-]4C=C(CO)C(CCCCCC[C@H](N)C[C@@H]5C=Cc6c(ccc7cc8c(cc67)=CCN=8)[C@@H]5O)[OH+]4)ccc3O)N=C2CC[C@H]2CCC[C@@H]21. The molecule has 3 aromatic rings. The minimum atomic E-state index is -0.988. The predicted molar refractivity (Wildman–Crippen MR) is 276 cm³/mol. The van der Waals surface area contributed by atoms with Crippen LogP contribution in [0.3, 0.4) is 0 Å².